The third kappa shape index (κ3) is 6.38. The number of nitrogens with zero attached hydrogens (tertiary/aromatic N) is 2. The summed E-state index contributed by atoms with van der Waals surface area (Å²) in [5, 5.41) is 9.95. The second kappa shape index (κ2) is 10.5. The summed E-state index contributed by atoms with van der Waals surface area (Å²) < 4.78 is 71.0. The fourth-order valence-electron chi connectivity index (χ4n) is 4.79. The van der Waals surface area contributed by atoms with Gasteiger partial charge in [0.1, 0.15) is 5.01 Å². The van der Waals surface area contributed by atoms with Crippen molar-refractivity contribution < 1.29 is 31.5 Å². The maximum atomic E-state index is 14.1. The lowest BCUT2D eigenvalue weighted by Gasteiger charge is -2.34. The van der Waals surface area contributed by atoms with Crippen LogP contribution in [0.15, 0.2) is 46.8 Å². The standard InChI is InChI=1S/C27H30F3N3O4S2/c1-26(2)11-9-16(10-12-26)17-5-7-19(20(13-17)27(28,29)30)24-31-23(15-38-24)39(36,37)32-21-8-6-18(25(34)35)14-22(21)33(3)4/h5-8,13-16,32H,9-12H2,1-4H3,(H,34,35). The van der Waals surface area contributed by atoms with E-state index in [4.69, 9.17) is 0 Å². The van der Waals surface area contributed by atoms with E-state index in [1.807, 2.05) is 0 Å². The molecule has 0 unspecified atom stereocenters. The SMILES string of the molecule is CN(C)c1cc(C(=O)O)ccc1NS(=O)(=O)c1csc(-c2ccc(C3CCC(C)(C)CC3)cc2C(F)(F)F)n1. The molecular formula is C27H30F3N3O4S2. The van der Waals surface area contributed by atoms with E-state index in [-0.39, 0.29) is 33.2 Å². The van der Waals surface area contributed by atoms with Crippen LogP contribution in [0.1, 0.15) is 66.9 Å². The molecule has 1 aliphatic rings. The average Bonchev–Trinajstić information content (AvgIpc) is 3.34. The highest BCUT2D eigenvalue weighted by atomic mass is 32.2. The first-order valence-corrected chi connectivity index (χ1v) is 14.7. The van der Waals surface area contributed by atoms with Crippen LogP contribution >= 0.6 is 11.3 Å². The predicted molar refractivity (Wildman–Crippen MR) is 146 cm³/mol. The molecule has 2 N–H and O–H groups in total. The van der Waals surface area contributed by atoms with Crippen molar-refractivity contribution in [1.29, 1.82) is 0 Å². The summed E-state index contributed by atoms with van der Waals surface area (Å²) in [5.41, 5.74) is 0.187. The summed E-state index contributed by atoms with van der Waals surface area (Å²) in [6.07, 6.45) is -1.13. The van der Waals surface area contributed by atoms with Crippen LogP contribution in [0.3, 0.4) is 0 Å². The smallest absolute Gasteiger partial charge is 0.417 e. The zero-order valence-corrected chi connectivity index (χ0v) is 23.6. The van der Waals surface area contributed by atoms with Crippen molar-refractivity contribution in [2.75, 3.05) is 23.7 Å². The van der Waals surface area contributed by atoms with E-state index in [0.29, 0.717) is 11.3 Å². The van der Waals surface area contributed by atoms with Crippen molar-refractivity contribution in [2.45, 2.75) is 56.7 Å². The van der Waals surface area contributed by atoms with Crippen LogP contribution in [0.4, 0.5) is 24.5 Å². The van der Waals surface area contributed by atoms with E-state index in [0.717, 1.165) is 37.0 Å². The van der Waals surface area contributed by atoms with E-state index in [9.17, 15) is 31.5 Å². The summed E-state index contributed by atoms with van der Waals surface area (Å²) >= 11 is 0.810. The number of carboxylic acid groups (broad SMARTS) is 1. The number of carboxylic acids is 1. The van der Waals surface area contributed by atoms with E-state index in [1.165, 1.54) is 35.7 Å². The number of aromatic carboxylic acids is 1. The van der Waals surface area contributed by atoms with Crippen LogP contribution in [-0.4, -0.2) is 38.6 Å². The van der Waals surface area contributed by atoms with Gasteiger partial charge in [-0.05, 0) is 66.8 Å². The molecule has 0 aliphatic heterocycles. The molecule has 7 nitrogen and oxygen atoms in total. The quantitative estimate of drug-likeness (QED) is 0.309. The lowest BCUT2D eigenvalue weighted by molar-refractivity contribution is -0.137. The summed E-state index contributed by atoms with van der Waals surface area (Å²) in [6, 6.07) is 8.14. The highest BCUT2D eigenvalue weighted by molar-refractivity contribution is 7.92. The number of benzene rings is 2. The van der Waals surface area contributed by atoms with Gasteiger partial charge in [-0.25, -0.2) is 9.78 Å². The van der Waals surface area contributed by atoms with Gasteiger partial charge >= 0.3 is 12.1 Å². The molecule has 0 bridgehead atoms. The minimum absolute atomic E-state index is 0.0299. The highest BCUT2D eigenvalue weighted by Gasteiger charge is 2.36. The average molecular weight is 582 g/mol. The van der Waals surface area contributed by atoms with Crippen molar-refractivity contribution in [3.05, 3.63) is 58.5 Å². The zero-order valence-electron chi connectivity index (χ0n) is 22.0. The highest BCUT2D eigenvalue weighted by Crippen LogP contribution is 2.45. The van der Waals surface area contributed by atoms with E-state index >= 15 is 0 Å². The van der Waals surface area contributed by atoms with Gasteiger partial charge in [0, 0.05) is 25.0 Å². The summed E-state index contributed by atoms with van der Waals surface area (Å²) in [6.45, 7) is 4.34. The number of hydrogen-bond donors (Lipinski definition) is 2. The predicted octanol–water partition coefficient (Wildman–Crippen LogP) is 7.08. The van der Waals surface area contributed by atoms with Gasteiger partial charge in [0.15, 0.2) is 5.03 Å². The number of hydrogen-bond acceptors (Lipinski definition) is 6. The molecule has 1 fully saturated rings. The third-order valence-electron chi connectivity index (χ3n) is 7.12. The van der Waals surface area contributed by atoms with Gasteiger partial charge in [-0.1, -0.05) is 26.0 Å². The van der Waals surface area contributed by atoms with E-state index in [2.05, 4.69) is 23.6 Å². The number of anilines is 2. The largest absolute Gasteiger partial charge is 0.478 e. The third-order valence-corrected chi connectivity index (χ3v) is 9.39. The van der Waals surface area contributed by atoms with E-state index in [1.54, 1.807) is 25.1 Å². The number of sulfonamides is 1. The molecule has 1 saturated carbocycles. The minimum Gasteiger partial charge on any atom is -0.478 e. The van der Waals surface area contributed by atoms with Crippen molar-refractivity contribution in [1.82, 2.24) is 4.98 Å². The Balaban J connectivity index is 1.65. The normalized spacial score (nSPS) is 16.2. The molecule has 2 aromatic carbocycles. The molecule has 1 aliphatic carbocycles. The molecule has 0 spiro atoms. The monoisotopic (exact) mass is 581 g/mol. The van der Waals surface area contributed by atoms with Crippen molar-refractivity contribution >= 4 is 38.7 Å². The maximum Gasteiger partial charge on any atom is 0.417 e. The second-order valence-electron chi connectivity index (χ2n) is 10.8. The maximum absolute atomic E-state index is 14.1. The topological polar surface area (TPSA) is 99.6 Å². The molecule has 210 valence electrons. The minimum atomic E-state index is -4.64. The summed E-state index contributed by atoms with van der Waals surface area (Å²) in [4.78, 5) is 16.9. The van der Waals surface area contributed by atoms with Crippen molar-refractivity contribution in [3.8, 4) is 10.6 Å². The number of alkyl halides is 3. The molecule has 3 aromatic rings. The van der Waals surface area contributed by atoms with Gasteiger partial charge in [-0.2, -0.15) is 21.6 Å². The number of aromatic nitrogens is 1. The lowest BCUT2D eigenvalue weighted by Crippen LogP contribution is -2.20. The molecule has 39 heavy (non-hydrogen) atoms. The molecule has 0 radical (unpaired) electrons. The summed E-state index contributed by atoms with van der Waals surface area (Å²) in [5.74, 6) is -1.13. The van der Waals surface area contributed by atoms with Crippen LogP contribution in [0.5, 0.6) is 0 Å². The Hall–Kier alpha value is -3.12. The Morgan fingerprint density at radius 3 is 2.38 bits per heavy atom. The Kier molecular flexibility index (Phi) is 7.74. The van der Waals surface area contributed by atoms with Crippen LogP contribution in [0, 0.1) is 5.41 Å². The molecule has 0 amide bonds. The molecule has 0 saturated heterocycles. The number of rotatable bonds is 7. The van der Waals surface area contributed by atoms with Gasteiger partial charge in [-0.3, -0.25) is 4.72 Å². The number of nitrogens with one attached hydrogen (secondary N) is 1. The van der Waals surface area contributed by atoms with Crippen LogP contribution < -0.4 is 9.62 Å². The van der Waals surface area contributed by atoms with Gasteiger partial charge in [0.05, 0.1) is 22.5 Å². The number of halogens is 3. The first kappa shape index (κ1) is 28.9. The van der Waals surface area contributed by atoms with Gasteiger partial charge < -0.3 is 10.0 Å². The van der Waals surface area contributed by atoms with Gasteiger partial charge in [-0.15, -0.1) is 11.3 Å². The lowest BCUT2D eigenvalue weighted by atomic mass is 9.71. The Bertz CT molecular complexity index is 1490. The van der Waals surface area contributed by atoms with Crippen LogP contribution in [0.25, 0.3) is 10.6 Å². The Labute approximate surface area is 229 Å². The number of thiazole rings is 1. The van der Waals surface area contributed by atoms with Crippen molar-refractivity contribution in [2.24, 2.45) is 5.41 Å². The number of carbonyl (C=O) groups is 1. The molecule has 0 atom stereocenters. The molecule has 4 rings (SSSR count). The molecule has 1 aromatic heterocycles. The van der Waals surface area contributed by atoms with Crippen molar-refractivity contribution in [3.63, 3.8) is 0 Å². The Morgan fingerprint density at radius 2 is 1.79 bits per heavy atom. The van der Waals surface area contributed by atoms with E-state index < -0.39 is 32.8 Å². The molecule has 12 heteroatoms. The first-order chi connectivity index (χ1) is 18.1. The fourth-order valence-corrected chi connectivity index (χ4v) is 7.00. The second-order valence-corrected chi connectivity index (χ2v) is 13.3. The first-order valence-electron chi connectivity index (χ1n) is 12.3. The van der Waals surface area contributed by atoms with Gasteiger partial charge in [0.25, 0.3) is 10.0 Å². The van der Waals surface area contributed by atoms with Crippen LogP contribution in [0.2, 0.25) is 0 Å². The summed E-state index contributed by atoms with van der Waals surface area (Å²) in [7, 11) is -1.04. The molecular weight excluding hydrogens is 551 g/mol. The van der Waals surface area contributed by atoms with Crippen LogP contribution in [-0.2, 0) is 16.2 Å². The zero-order chi connectivity index (χ0) is 28.8. The fraction of sp³-hybridized carbons (Fsp3) is 0.407. The molecule has 1 heterocycles. The Morgan fingerprint density at radius 1 is 1.13 bits per heavy atom. The van der Waals surface area contributed by atoms with Gasteiger partial charge in [0.2, 0.25) is 0 Å².